The summed E-state index contributed by atoms with van der Waals surface area (Å²) in [5.74, 6) is 0.0896. The lowest BCUT2D eigenvalue weighted by atomic mass is 9.78. The van der Waals surface area contributed by atoms with Gasteiger partial charge in [0, 0.05) is 37.6 Å². The molecule has 0 unspecified atom stereocenters. The molecule has 8 heteroatoms. The van der Waals surface area contributed by atoms with Gasteiger partial charge in [0.15, 0.2) is 0 Å². The third kappa shape index (κ3) is 4.48. The van der Waals surface area contributed by atoms with Gasteiger partial charge in [-0.05, 0) is 59.2 Å². The molecule has 0 aliphatic carbocycles. The van der Waals surface area contributed by atoms with E-state index in [2.05, 4.69) is 10.2 Å². The highest BCUT2D eigenvalue weighted by Crippen LogP contribution is 2.40. The summed E-state index contributed by atoms with van der Waals surface area (Å²) < 4.78 is 0. The number of carbonyl (C=O) groups excluding carboxylic acids is 2. The minimum Gasteiger partial charge on any atom is -0.342 e. The van der Waals surface area contributed by atoms with Crippen LogP contribution in [0.3, 0.4) is 0 Å². The van der Waals surface area contributed by atoms with Crippen LogP contribution < -0.4 is 5.56 Å². The molecule has 0 atom stereocenters. The number of aromatic nitrogens is 2. The number of benzene rings is 1. The Kier molecular flexibility index (Phi) is 5.85. The Hall–Kier alpha value is -3.26. The number of aromatic amines is 1. The summed E-state index contributed by atoms with van der Waals surface area (Å²) >= 11 is 1.62. The molecule has 2 amide bonds. The highest BCUT2D eigenvalue weighted by Gasteiger charge is 2.42. The maximum atomic E-state index is 13.1. The van der Waals surface area contributed by atoms with Gasteiger partial charge in [0.1, 0.15) is 0 Å². The van der Waals surface area contributed by atoms with Gasteiger partial charge in [-0.25, -0.2) is 5.10 Å². The maximum absolute atomic E-state index is 13.1. The number of thiophene rings is 1. The van der Waals surface area contributed by atoms with Crippen LogP contribution >= 0.6 is 11.3 Å². The first-order chi connectivity index (χ1) is 16.0. The van der Waals surface area contributed by atoms with Gasteiger partial charge < -0.3 is 9.80 Å². The van der Waals surface area contributed by atoms with Gasteiger partial charge in [-0.1, -0.05) is 18.2 Å². The topological polar surface area (TPSA) is 86.4 Å². The van der Waals surface area contributed by atoms with Gasteiger partial charge in [0.25, 0.3) is 5.56 Å². The number of rotatable bonds is 4. The predicted octanol–water partition coefficient (Wildman–Crippen LogP) is 3.08. The quantitative estimate of drug-likeness (QED) is 0.604. The first-order valence-corrected chi connectivity index (χ1v) is 12.2. The lowest BCUT2D eigenvalue weighted by Crippen LogP contribution is -2.44. The lowest BCUT2D eigenvalue weighted by Gasteiger charge is -2.39. The molecule has 2 saturated heterocycles. The molecule has 2 fully saturated rings. The second kappa shape index (κ2) is 8.94. The van der Waals surface area contributed by atoms with Crippen molar-refractivity contribution in [1.82, 2.24) is 20.0 Å². The van der Waals surface area contributed by atoms with Crippen molar-refractivity contribution in [3.63, 3.8) is 0 Å². The Morgan fingerprint density at radius 2 is 1.79 bits per heavy atom. The molecular formula is C25H26N4O3S. The normalized spacial score (nSPS) is 17.9. The molecule has 4 heterocycles. The van der Waals surface area contributed by atoms with E-state index in [1.807, 2.05) is 50.9 Å². The van der Waals surface area contributed by atoms with Crippen LogP contribution in [-0.2, 0) is 16.0 Å². The zero-order chi connectivity index (χ0) is 22.8. The molecule has 33 heavy (non-hydrogen) atoms. The summed E-state index contributed by atoms with van der Waals surface area (Å²) in [5, 5.41) is 12.0. The van der Waals surface area contributed by atoms with Crippen molar-refractivity contribution in [3.05, 3.63) is 68.8 Å². The van der Waals surface area contributed by atoms with E-state index in [1.54, 1.807) is 23.5 Å². The summed E-state index contributed by atoms with van der Waals surface area (Å²) in [4.78, 5) is 41.5. The van der Waals surface area contributed by atoms with Crippen LogP contribution in [0.2, 0.25) is 0 Å². The molecule has 0 radical (unpaired) electrons. The number of fused-ring (bicyclic) bond motifs is 1. The van der Waals surface area contributed by atoms with Crippen LogP contribution in [-0.4, -0.2) is 58.0 Å². The fourth-order valence-corrected chi connectivity index (χ4v) is 5.59. The molecule has 2 aromatic heterocycles. The standard InChI is InChI=1S/C25H26N4O3S/c30-22(6-5-18-7-14-33-16-18)28-11-8-25(9-12-28)10-13-29(17-25)23(31)15-21-19-3-1-2-4-20(19)24(32)27-26-21/h1-7,14,16H,8-13,15,17H2,(H,27,32)/b6-5+. The van der Waals surface area contributed by atoms with Gasteiger partial charge in [-0.15, -0.1) is 0 Å². The third-order valence-corrected chi connectivity index (χ3v) is 7.68. The van der Waals surface area contributed by atoms with Crippen molar-refractivity contribution in [2.24, 2.45) is 5.41 Å². The third-order valence-electron chi connectivity index (χ3n) is 6.98. The van der Waals surface area contributed by atoms with Gasteiger partial charge in [-0.2, -0.15) is 16.4 Å². The van der Waals surface area contributed by atoms with Crippen LogP contribution in [0.25, 0.3) is 16.8 Å². The minimum absolute atomic E-state index is 0.0359. The van der Waals surface area contributed by atoms with Crippen molar-refractivity contribution in [3.8, 4) is 0 Å². The van der Waals surface area contributed by atoms with Crippen molar-refractivity contribution in [2.75, 3.05) is 26.2 Å². The fraction of sp³-hybridized carbons (Fsp3) is 0.360. The van der Waals surface area contributed by atoms with Crippen LogP contribution in [0.5, 0.6) is 0 Å². The number of H-pyrrole nitrogens is 1. The molecule has 2 aliphatic heterocycles. The Morgan fingerprint density at radius 3 is 2.52 bits per heavy atom. The van der Waals surface area contributed by atoms with E-state index in [0.29, 0.717) is 11.1 Å². The van der Waals surface area contributed by atoms with E-state index < -0.39 is 0 Å². The van der Waals surface area contributed by atoms with E-state index in [9.17, 15) is 14.4 Å². The van der Waals surface area contributed by atoms with Gasteiger partial charge in [0.05, 0.1) is 17.5 Å². The number of piperidine rings is 1. The minimum atomic E-state index is -0.242. The summed E-state index contributed by atoms with van der Waals surface area (Å²) in [6.07, 6.45) is 6.49. The zero-order valence-corrected chi connectivity index (χ0v) is 19.1. The monoisotopic (exact) mass is 462 g/mol. The summed E-state index contributed by atoms with van der Waals surface area (Å²) in [7, 11) is 0. The van der Waals surface area contributed by atoms with Crippen LogP contribution in [0.1, 0.15) is 30.5 Å². The van der Waals surface area contributed by atoms with Crippen molar-refractivity contribution in [1.29, 1.82) is 0 Å². The molecule has 170 valence electrons. The van der Waals surface area contributed by atoms with E-state index in [0.717, 1.165) is 56.4 Å². The molecular weight excluding hydrogens is 436 g/mol. The highest BCUT2D eigenvalue weighted by molar-refractivity contribution is 7.08. The van der Waals surface area contributed by atoms with Crippen molar-refractivity contribution >= 4 is 40.0 Å². The average Bonchev–Trinajstić information content (AvgIpc) is 3.51. The highest BCUT2D eigenvalue weighted by atomic mass is 32.1. The van der Waals surface area contributed by atoms with E-state index in [-0.39, 0.29) is 29.2 Å². The summed E-state index contributed by atoms with van der Waals surface area (Å²) in [6.45, 7) is 2.90. The molecule has 1 aromatic carbocycles. The molecule has 0 saturated carbocycles. The van der Waals surface area contributed by atoms with Crippen molar-refractivity contribution < 1.29 is 9.59 Å². The number of carbonyl (C=O) groups is 2. The summed E-state index contributed by atoms with van der Waals surface area (Å²) in [5.41, 5.74) is 1.50. The zero-order valence-electron chi connectivity index (χ0n) is 18.3. The Morgan fingerprint density at radius 1 is 1.06 bits per heavy atom. The number of nitrogens with one attached hydrogen (secondary N) is 1. The number of nitrogens with zero attached hydrogens (tertiary/aromatic N) is 3. The maximum Gasteiger partial charge on any atom is 0.272 e. The second-order valence-electron chi connectivity index (χ2n) is 9.00. The fourth-order valence-electron chi connectivity index (χ4n) is 4.96. The van der Waals surface area contributed by atoms with Crippen LogP contribution in [0.15, 0.2) is 52.0 Å². The molecule has 0 bridgehead atoms. The van der Waals surface area contributed by atoms with Crippen molar-refractivity contribution in [2.45, 2.75) is 25.7 Å². The number of likely N-dealkylation sites (tertiary alicyclic amines) is 2. The molecule has 1 spiro atoms. The van der Waals surface area contributed by atoms with E-state index in [1.165, 1.54) is 0 Å². The summed E-state index contributed by atoms with van der Waals surface area (Å²) in [6, 6.07) is 9.25. The largest absolute Gasteiger partial charge is 0.342 e. The lowest BCUT2D eigenvalue weighted by molar-refractivity contribution is -0.131. The SMILES string of the molecule is O=C(/C=C/c1ccsc1)N1CCC2(CC1)CCN(C(=O)Cc1n[nH]c(=O)c3ccccc13)C2. The number of hydrogen-bond acceptors (Lipinski definition) is 5. The molecule has 1 N–H and O–H groups in total. The molecule has 3 aromatic rings. The van der Waals surface area contributed by atoms with Gasteiger partial charge in [-0.3, -0.25) is 14.4 Å². The first-order valence-electron chi connectivity index (χ1n) is 11.3. The average molecular weight is 463 g/mol. The van der Waals surface area contributed by atoms with Gasteiger partial charge in [0.2, 0.25) is 11.8 Å². The Bertz CT molecular complexity index is 1260. The Labute approximate surface area is 195 Å². The number of hydrogen-bond donors (Lipinski definition) is 1. The second-order valence-corrected chi connectivity index (χ2v) is 9.78. The predicted molar refractivity (Wildman–Crippen MR) is 129 cm³/mol. The molecule has 5 rings (SSSR count). The Balaban J connectivity index is 1.19. The molecule has 7 nitrogen and oxygen atoms in total. The number of amides is 2. The molecule has 2 aliphatic rings. The van der Waals surface area contributed by atoms with Crippen LogP contribution in [0.4, 0.5) is 0 Å². The first kappa shape index (κ1) is 21.6. The van der Waals surface area contributed by atoms with E-state index in [4.69, 9.17) is 0 Å². The van der Waals surface area contributed by atoms with Crippen LogP contribution in [0, 0.1) is 5.41 Å². The smallest absolute Gasteiger partial charge is 0.272 e. The van der Waals surface area contributed by atoms with Gasteiger partial charge >= 0.3 is 0 Å². The van der Waals surface area contributed by atoms with E-state index >= 15 is 0 Å².